The minimum Gasteiger partial charge on any atom is -0.457 e. The van der Waals surface area contributed by atoms with Crippen LogP contribution in [0.25, 0.3) is 0 Å². The fourth-order valence-electron chi connectivity index (χ4n) is 7.12. The molecular formula is C42H83O12P. The van der Waals surface area contributed by atoms with Crippen LogP contribution < -0.4 is 0 Å². The van der Waals surface area contributed by atoms with Gasteiger partial charge in [-0.15, -0.1) is 0 Å². The SMILES string of the molecule is CCCCCCCCCCCCCCCCCCC(=O)O[C@H](COCCCCCCCCCCCCCC)COP(=O)(O)OC1C(O)C(O)C(O)[C@@H](O)C1O. The summed E-state index contributed by atoms with van der Waals surface area (Å²) in [5.74, 6) is -0.472. The second-order valence-corrected chi connectivity index (χ2v) is 17.3. The zero-order chi connectivity index (χ0) is 40.6. The van der Waals surface area contributed by atoms with Crippen molar-refractivity contribution in [3.05, 3.63) is 0 Å². The number of ether oxygens (including phenoxy) is 2. The minimum atomic E-state index is -5.00. The van der Waals surface area contributed by atoms with Gasteiger partial charge >= 0.3 is 13.8 Å². The van der Waals surface area contributed by atoms with Crippen molar-refractivity contribution in [3.8, 4) is 0 Å². The minimum absolute atomic E-state index is 0.0684. The Morgan fingerprint density at radius 1 is 0.509 bits per heavy atom. The fraction of sp³-hybridized carbons (Fsp3) is 0.976. The lowest BCUT2D eigenvalue weighted by atomic mass is 9.85. The van der Waals surface area contributed by atoms with Gasteiger partial charge in [0.25, 0.3) is 0 Å². The van der Waals surface area contributed by atoms with E-state index in [0.29, 0.717) is 13.0 Å². The first-order valence-electron chi connectivity index (χ1n) is 22.4. The van der Waals surface area contributed by atoms with E-state index >= 15 is 0 Å². The molecule has 55 heavy (non-hydrogen) atoms. The van der Waals surface area contributed by atoms with Crippen LogP contribution in [0.1, 0.15) is 200 Å². The van der Waals surface area contributed by atoms with Crippen molar-refractivity contribution in [2.24, 2.45) is 0 Å². The number of phosphoric ester groups is 1. The van der Waals surface area contributed by atoms with E-state index in [2.05, 4.69) is 13.8 Å². The fourth-order valence-corrected chi connectivity index (χ4v) is 8.09. The van der Waals surface area contributed by atoms with Gasteiger partial charge in [-0.2, -0.15) is 0 Å². The van der Waals surface area contributed by atoms with E-state index in [1.54, 1.807) is 0 Å². The third kappa shape index (κ3) is 26.9. The van der Waals surface area contributed by atoms with Crippen LogP contribution in [-0.2, 0) is 27.9 Å². The molecule has 0 heterocycles. The summed E-state index contributed by atoms with van der Waals surface area (Å²) in [5, 5.41) is 50.1. The topological polar surface area (TPSA) is 192 Å². The van der Waals surface area contributed by atoms with E-state index in [4.69, 9.17) is 18.5 Å². The molecule has 13 heteroatoms. The lowest BCUT2D eigenvalue weighted by molar-refractivity contribution is -0.220. The summed E-state index contributed by atoms with van der Waals surface area (Å²) in [7, 11) is -5.00. The number of aliphatic hydroxyl groups is 5. The Balaban J connectivity index is 2.39. The summed E-state index contributed by atoms with van der Waals surface area (Å²) in [5.41, 5.74) is 0. The number of phosphoric acid groups is 1. The highest BCUT2D eigenvalue weighted by atomic mass is 31.2. The first kappa shape index (κ1) is 52.4. The van der Waals surface area contributed by atoms with Gasteiger partial charge in [0.05, 0.1) is 13.2 Å². The molecule has 1 rings (SSSR count). The van der Waals surface area contributed by atoms with Crippen molar-refractivity contribution in [2.45, 2.75) is 243 Å². The number of unbranched alkanes of at least 4 members (excludes halogenated alkanes) is 26. The van der Waals surface area contributed by atoms with Crippen LogP contribution in [0.5, 0.6) is 0 Å². The van der Waals surface area contributed by atoms with Crippen LogP contribution in [-0.4, -0.2) is 98.9 Å². The van der Waals surface area contributed by atoms with Crippen LogP contribution in [0.2, 0.25) is 0 Å². The molecule has 6 unspecified atom stereocenters. The van der Waals surface area contributed by atoms with Gasteiger partial charge in [0.1, 0.15) is 42.7 Å². The molecule has 8 atom stereocenters. The highest BCUT2D eigenvalue weighted by Gasteiger charge is 2.51. The van der Waals surface area contributed by atoms with Crippen molar-refractivity contribution in [1.82, 2.24) is 0 Å². The van der Waals surface area contributed by atoms with Crippen LogP contribution in [0.15, 0.2) is 0 Å². The van der Waals surface area contributed by atoms with E-state index in [9.17, 15) is 39.8 Å². The number of hydrogen-bond acceptors (Lipinski definition) is 11. The summed E-state index contributed by atoms with van der Waals surface area (Å²) in [6.07, 6.45) is 21.7. The van der Waals surface area contributed by atoms with Gasteiger partial charge in [-0.25, -0.2) is 4.57 Å². The van der Waals surface area contributed by atoms with Gasteiger partial charge in [0.15, 0.2) is 0 Å². The third-order valence-corrected chi connectivity index (χ3v) is 11.7. The van der Waals surface area contributed by atoms with Crippen molar-refractivity contribution >= 4 is 13.8 Å². The van der Waals surface area contributed by atoms with Crippen LogP contribution in [0.3, 0.4) is 0 Å². The lowest BCUT2D eigenvalue weighted by Crippen LogP contribution is -2.64. The zero-order valence-electron chi connectivity index (χ0n) is 34.7. The maximum atomic E-state index is 12.8. The molecule has 0 saturated heterocycles. The molecule has 6 N–H and O–H groups in total. The molecule has 0 aromatic rings. The molecule has 0 aliphatic heterocycles. The molecule has 0 amide bonds. The average molecular weight is 811 g/mol. The smallest absolute Gasteiger partial charge is 0.457 e. The molecule has 1 fully saturated rings. The molecule has 12 nitrogen and oxygen atoms in total. The molecular weight excluding hydrogens is 727 g/mol. The number of rotatable bonds is 38. The Morgan fingerprint density at radius 2 is 0.855 bits per heavy atom. The van der Waals surface area contributed by atoms with Crippen LogP contribution >= 0.6 is 7.82 Å². The Bertz CT molecular complexity index is 926. The van der Waals surface area contributed by atoms with Crippen LogP contribution in [0.4, 0.5) is 0 Å². The summed E-state index contributed by atoms with van der Waals surface area (Å²) >= 11 is 0. The van der Waals surface area contributed by atoms with Crippen LogP contribution in [0, 0.1) is 0 Å². The number of aliphatic hydroxyl groups excluding tert-OH is 5. The largest absolute Gasteiger partial charge is 0.472 e. The second kappa shape index (κ2) is 34.2. The van der Waals surface area contributed by atoms with Gasteiger partial charge < -0.3 is 39.9 Å². The van der Waals surface area contributed by atoms with Gasteiger partial charge in [0, 0.05) is 13.0 Å². The number of hydrogen-bond donors (Lipinski definition) is 6. The van der Waals surface area contributed by atoms with Gasteiger partial charge in [-0.3, -0.25) is 13.8 Å². The zero-order valence-corrected chi connectivity index (χ0v) is 35.6. The first-order valence-corrected chi connectivity index (χ1v) is 23.9. The quantitative estimate of drug-likeness (QED) is 0.0198. The number of esters is 1. The normalized spacial score (nSPS) is 23.1. The maximum absolute atomic E-state index is 12.8. The molecule has 0 radical (unpaired) electrons. The highest BCUT2D eigenvalue weighted by Crippen LogP contribution is 2.47. The first-order chi connectivity index (χ1) is 26.5. The number of carbonyl (C=O) groups is 1. The van der Waals surface area contributed by atoms with Crippen molar-refractivity contribution in [3.63, 3.8) is 0 Å². The van der Waals surface area contributed by atoms with E-state index in [1.165, 1.54) is 135 Å². The third-order valence-electron chi connectivity index (χ3n) is 10.7. The second-order valence-electron chi connectivity index (χ2n) is 15.9. The molecule has 0 spiro atoms. The molecule has 1 saturated carbocycles. The monoisotopic (exact) mass is 811 g/mol. The van der Waals surface area contributed by atoms with Gasteiger partial charge in [-0.05, 0) is 12.8 Å². The number of carbonyl (C=O) groups excluding carboxylic acids is 1. The standard InChI is InChI=1S/C42H83O12P/c1-3-5-7-9-11-13-15-17-18-19-20-21-23-25-27-29-31-36(43)53-35(33-51-32-30-28-26-24-22-16-14-12-10-8-6-4-2)34-52-55(49,50)54-42-40(47)38(45)37(44)39(46)41(42)48/h35,37-42,44-48H,3-34H2,1-2H3,(H,49,50)/t35-,37?,38-,39?,40?,41?,42?/m1/s1. The molecule has 1 aliphatic rings. The summed E-state index contributed by atoms with van der Waals surface area (Å²) in [6.45, 7) is 4.28. The Morgan fingerprint density at radius 3 is 1.25 bits per heavy atom. The summed E-state index contributed by atoms with van der Waals surface area (Å²) < 4.78 is 34.1. The predicted octanol–water partition coefficient (Wildman–Crippen LogP) is 8.59. The molecule has 0 bridgehead atoms. The Labute approximate surface area is 334 Å². The average Bonchev–Trinajstić information content (AvgIpc) is 3.17. The van der Waals surface area contributed by atoms with E-state index in [1.807, 2.05) is 0 Å². The van der Waals surface area contributed by atoms with E-state index in [-0.39, 0.29) is 13.0 Å². The highest BCUT2D eigenvalue weighted by molar-refractivity contribution is 7.47. The summed E-state index contributed by atoms with van der Waals surface area (Å²) in [6, 6.07) is 0. The Kier molecular flexibility index (Phi) is 32.6. The van der Waals surface area contributed by atoms with Crippen molar-refractivity contribution in [2.75, 3.05) is 19.8 Å². The molecule has 0 aromatic heterocycles. The molecule has 0 aromatic carbocycles. The summed E-state index contributed by atoms with van der Waals surface area (Å²) in [4.78, 5) is 23.1. The Hall–Kier alpha value is -0.660. The van der Waals surface area contributed by atoms with Crippen molar-refractivity contribution < 1.29 is 58.3 Å². The van der Waals surface area contributed by atoms with E-state index < -0.39 is 63.1 Å². The van der Waals surface area contributed by atoms with E-state index in [0.717, 1.165) is 38.5 Å². The predicted molar refractivity (Wildman–Crippen MR) is 217 cm³/mol. The lowest BCUT2D eigenvalue weighted by Gasteiger charge is -2.41. The van der Waals surface area contributed by atoms with Gasteiger partial charge in [-0.1, -0.05) is 181 Å². The van der Waals surface area contributed by atoms with Crippen molar-refractivity contribution in [1.29, 1.82) is 0 Å². The molecule has 1 aliphatic carbocycles. The van der Waals surface area contributed by atoms with Gasteiger partial charge in [0.2, 0.25) is 0 Å². The molecule has 328 valence electrons. The maximum Gasteiger partial charge on any atom is 0.472 e.